The second kappa shape index (κ2) is 8.79. The van der Waals surface area contributed by atoms with Gasteiger partial charge in [0.1, 0.15) is 16.6 Å². The summed E-state index contributed by atoms with van der Waals surface area (Å²) in [4.78, 5) is 12.5. The van der Waals surface area contributed by atoms with Crippen LogP contribution in [0.4, 0.5) is 10.2 Å². The van der Waals surface area contributed by atoms with Gasteiger partial charge in [0, 0.05) is 12.4 Å². The van der Waals surface area contributed by atoms with Crippen molar-refractivity contribution in [3.05, 3.63) is 95.2 Å². The monoisotopic (exact) mass is 425 g/mol. The molecule has 1 N–H and O–H groups in total. The summed E-state index contributed by atoms with van der Waals surface area (Å²) in [5.74, 6) is -0.0315. The molecule has 2 aromatic heterocycles. The van der Waals surface area contributed by atoms with E-state index in [9.17, 15) is 9.18 Å². The maximum Gasteiger partial charge on any atom is 0.277 e. The lowest BCUT2D eigenvalue weighted by Gasteiger charge is -2.05. The summed E-state index contributed by atoms with van der Waals surface area (Å²) < 4.78 is 21.5. The molecule has 0 atom stereocenters. The third-order valence-corrected chi connectivity index (χ3v) is 4.46. The Kier molecular flexibility index (Phi) is 5.76. The Balaban J connectivity index is 1.36. The minimum absolute atomic E-state index is 0.0748. The highest BCUT2D eigenvalue weighted by atomic mass is 35.5. The van der Waals surface area contributed by atoms with Gasteiger partial charge in [-0.3, -0.25) is 9.48 Å². The molecule has 0 unspecified atom stereocenters. The number of nitrogens with one attached hydrogen (secondary N) is 1. The van der Waals surface area contributed by atoms with E-state index in [0.29, 0.717) is 17.3 Å². The quantitative estimate of drug-likeness (QED) is 0.481. The van der Waals surface area contributed by atoms with Crippen LogP contribution in [0.15, 0.2) is 73.1 Å². The second-order valence-electron chi connectivity index (χ2n) is 6.43. The van der Waals surface area contributed by atoms with E-state index in [1.165, 1.54) is 28.9 Å². The molecule has 152 valence electrons. The number of halogens is 2. The molecule has 0 spiro atoms. The molecule has 4 aromatic rings. The summed E-state index contributed by atoms with van der Waals surface area (Å²) in [7, 11) is 0. The highest BCUT2D eigenvalue weighted by Gasteiger charge is 2.15. The van der Waals surface area contributed by atoms with Crippen LogP contribution in [0.2, 0.25) is 5.02 Å². The number of benzene rings is 2. The molecule has 0 aliphatic heterocycles. The van der Waals surface area contributed by atoms with Gasteiger partial charge in [-0.05, 0) is 35.9 Å². The van der Waals surface area contributed by atoms with E-state index in [-0.39, 0.29) is 24.1 Å². The van der Waals surface area contributed by atoms with E-state index in [1.807, 2.05) is 30.3 Å². The van der Waals surface area contributed by atoms with E-state index in [1.54, 1.807) is 23.1 Å². The minimum Gasteiger partial charge on any atom is -0.471 e. The Hall–Kier alpha value is -3.65. The first kappa shape index (κ1) is 19.7. The Bertz CT molecular complexity index is 1140. The van der Waals surface area contributed by atoms with E-state index in [2.05, 4.69) is 15.5 Å². The molecule has 9 heteroatoms. The number of anilines is 1. The SMILES string of the molecule is O=C(Nc1nn(Cc2ccccc2)cc1Cl)c1ccn(COc2ccc(F)cc2)n1. The average Bonchev–Trinajstić information content (AvgIpc) is 3.35. The van der Waals surface area contributed by atoms with Crippen molar-refractivity contribution in [3.63, 3.8) is 0 Å². The highest BCUT2D eigenvalue weighted by molar-refractivity contribution is 6.33. The summed E-state index contributed by atoms with van der Waals surface area (Å²) in [6.45, 7) is 0.608. The van der Waals surface area contributed by atoms with Gasteiger partial charge in [-0.2, -0.15) is 10.2 Å². The fourth-order valence-electron chi connectivity index (χ4n) is 2.73. The van der Waals surface area contributed by atoms with Crippen LogP contribution in [-0.4, -0.2) is 25.5 Å². The first-order chi connectivity index (χ1) is 14.6. The largest absolute Gasteiger partial charge is 0.471 e. The van der Waals surface area contributed by atoms with Crippen LogP contribution < -0.4 is 10.1 Å². The zero-order valence-electron chi connectivity index (χ0n) is 15.7. The van der Waals surface area contributed by atoms with Gasteiger partial charge in [-0.1, -0.05) is 41.9 Å². The Morgan fingerprint density at radius 1 is 1.03 bits per heavy atom. The van der Waals surface area contributed by atoms with Crippen LogP contribution in [0, 0.1) is 5.82 Å². The van der Waals surface area contributed by atoms with Gasteiger partial charge in [0.15, 0.2) is 18.2 Å². The number of hydrogen-bond acceptors (Lipinski definition) is 4. The number of carbonyl (C=O) groups is 1. The van der Waals surface area contributed by atoms with E-state index in [4.69, 9.17) is 16.3 Å². The van der Waals surface area contributed by atoms with Gasteiger partial charge < -0.3 is 10.1 Å². The summed E-state index contributed by atoms with van der Waals surface area (Å²) in [5, 5.41) is 11.5. The number of carbonyl (C=O) groups excluding carboxylic acids is 1. The zero-order valence-corrected chi connectivity index (χ0v) is 16.5. The summed E-state index contributed by atoms with van der Waals surface area (Å²) >= 11 is 6.21. The normalized spacial score (nSPS) is 10.7. The molecule has 0 bridgehead atoms. The summed E-state index contributed by atoms with van der Waals surface area (Å²) in [6.07, 6.45) is 3.26. The lowest BCUT2D eigenvalue weighted by molar-refractivity contribution is 0.101. The number of rotatable bonds is 7. The predicted molar refractivity (Wildman–Crippen MR) is 110 cm³/mol. The van der Waals surface area contributed by atoms with Crippen molar-refractivity contribution >= 4 is 23.3 Å². The van der Waals surface area contributed by atoms with Crippen molar-refractivity contribution in [3.8, 4) is 5.75 Å². The number of aromatic nitrogens is 4. The molecule has 2 heterocycles. The van der Waals surface area contributed by atoms with Crippen molar-refractivity contribution in [1.82, 2.24) is 19.6 Å². The molecule has 30 heavy (non-hydrogen) atoms. The van der Waals surface area contributed by atoms with Crippen LogP contribution in [0.1, 0.15) is 16.1 Å². The number of ether oxygens (including phenoxy) is 1. The van der Waals surface area contributed by atoms with Gasteiger partial charge in [0.2, 0.25) is 0 Å². The molecule has 0 fully saturated rings. The lowest BCUT2D eigenvalue weighted by Crippen LogP contribution is -2.15. The van der Waals surface area contributed by atoms with Crippen LogP contribution in [0.25, 0.3) is 0 Å². The number of amides is 1. The van der Waals surface area contributed by atoms with Crippen molar-refractivity contribution in [2.24, 2.45) is 0 Å². The fourth-order valence-corrected chi connectivity index (χ4v) is 2.93. The second-order valence-corrected chi connectivity index (χ2v) is 6.84. The van der Waals surface area contributed by atoms with Gasteiger partial charge in [0.25, 0.3) is 5.91 Å². The van der Waals surface area contributed by atoms with Crippen molar-refractivity contribution in [2.45, 2.75) is 13.3 Å². The molecular weight excluding hydrogens is 409 g/mol. The Morgan fingerprint density at radius 3 is 2.57 bits per heavy atom. The molecule has 2 aromatic carbocycles. The van der Waals surface area contributed by atoms with Crippen LogP contribution in [0.5, 0.6) is 5.75 Å². The molecule has 0 saturated heterocycles. The lowest BCUT2D eigenvalue weighted by atomic mass is 10.2. The number of hydrogen-bond donors (Lipinski definition) is 1. The Morgan fingerprint density at radius 2 is 1.80 bits per heavy atom. The highest BCUT2D eigenvalue weighted by Crippen LogP contribution is 2.20. The third-order valence-electron chi connectivity index (χ3n) is 4.19. The standard InChI is InChI=1S/C21H17ClFN5O2/c22-18-13-28(12-15-4-2-1-3-5-15)26-20(18)24-21(29)19-10-11-27(25-19)14-30-17-8-6-16(23)7-9-17/h1-11,13H,12,14H2,(H,24,26,29). The number of nitrogens with zero attached hydrogens (tertiary/aromatic N) is 4. The smallest absolute Gasteiger partial charge is 0.277 e. The predicted octanol–water partition coefficient (Wildman–Crippen LogP) is 4.21. The van der Waals surface area contributed by atoms with E-state index < -0.39 is 5.91 Å². The van der Waals surface area contributed by atoms with Crippen molar-refractivity contribution < 1.29 is 13.9 Å². The van der Waals surface area contributed by atoms with Crippen molar-refractivity contribution in [1.29, 1.82) is 0 Å². The maximum atomic E-state index is 12.9. The molecule has 1 amide bonds. The fraction of sp³-hybridized carbons (Fsp3) is 0.0952. The van der Waals surface area contributed by atoms with Gasteiger partial charge in [-0.25, -0.2) is 9.07 Å². The van der Waals surface area contributed by atoms with Gasteiger partial charge in [0.05, 0.1) is 6.54 Å². The maximum absolute atomic E-state index is 12.9. The average molecular weight is 426 g/mol. The summed E-state index contributed by atoms with van der Waals surface area (Å²) in [6, 6.07) is 17.0. The molecular formula is C21H17ClFN5O2. The third kappa shape index (κ3) is 4.84. The Labute approximate surface area is 176 Å². The topological polar surface area (TPSA) is 74.0 Å². The molecule has 4 rings (SSSR count). The van der Waals surface area contributed by atoms with Crippen molar-refractivity contribution in [2.75, 3.05) is 5.32 Å². The molecule has 0 aliphatic rings. The first-order valence-corrected chi connectivity index (χ1v) is 9.45. The molecule has 7 nitrogen and oxygen atoms in total. The van der Waals surface area contributed by atoms with Crippen LogP contribution >= 0.6 is 11.6 Å². The van der Waals surface area contributed by atoms with E-state index in [0.717, 1.165) is 5.56 Å². The van der Waals surface area contributed by atoms with Gasteiger partial charge in [-0.15, -0.1) is 0 Å². The molecule has 0 saturated carbocycles. The van der Waals surface area contributed by atoms with Gasteiger partial charge >= 0.3 is 0 Å². The zero-order chi connectivity index (χ0) is 20.9. The molecule has 0 radical (unpaired) electrons. The van der Waals surface area contributed by atoms with Crippen LogP contribution in [0.3, 0.4) is 0 Å². The summed E-state index contributed by atoms with van der Waals surface area (Å²) in [5.41, 5.74) is 1.25. The first-order valence-electron chi connectivity index (χ1n) is 9.07. The van der Waals surface area contributed by atoms with E-state index >= 15 is 0 Å². The minimum atomic E-state index is -0.442. The van der Waals surface area contributed by atoms with Crippen LogP contribution in [-0.2, 0) is 13.3 Å². The molecule has 0 aliphatic carbocycles.